The molecule has 4 aromatic rings. The minimum absolute atomic E-state index is 0.0363. The summed E-state index contributed by atoms with van der Waals surface area (Å²) in [5.74, 6) is 0.356. The SMILES string of the molecule is CCCOc1ccc(S(=O)(=O)Cl)cc1-c1nc2c(ncn2-c2ccc([N+](=O)[O-])cc2)c(=O)[nH]1. The zero-order valence-corrected chi connectivity index (χ0v) is 18.6. The summed E-state index contributed by atoms with van der Waals surface area (Å²) < 4.78 is 30.9. The molecule has 2 aromatic carbocycles. The number of imidazole rings is 1. The van der Waals surface area contributed by atoms with E-state index in [2.05, 4.69) is 15.0 Å². The number of nitrogens with one attached hydrogen (secondary N) is 1. The van der Waals surface area contributed by atoms with Gasteiger partial charge in [0.1, 0.15) is 17.9 Å². The number of non-ortho nitro benzene ring substituents is 1. The molecule has 0 aliphatic carbocycles. The highest BCUT2D eigenvalue weighted by atomic mass is 35.7. The van der Waals surface area contributed by atoms with Crippen molar-refractivity contribution in [2.45, 2.75) is 18.2 Å². The summed E-state index contributed by atoms with van der Waals surface area (Å²) in [6.07, 6.45) is 2.07. The van der Waals surface area contributed by atoms with Crippen LogP contribution in [0.5, 0.6) is 5.75 Å². The molecule has 13 heteroatoms. The van der Waals surface area contributed by atoms with Crippen molar-refractivity contribution in [3.63, 3.8) is 0 Å². The fourth-order valence-corrected chi connectivity index (χ4v) is 3.92. The first-order valence-electron chi connectivity index (χ1n) is 9.63. The molecular weight excluding hydrogens is 474 g/mol. The second kappa shape index (κ2) is 8.64. The Morgan fingerprint density at radius 1 is 1.21 bits per heavy atom. The summed E-state index contributed by atoms with van der Waals surface area (Å²) in [6, 6.07) is 9.65. The number of H-pyrrole nitrogens is 1. The molecule has 0 atom stereocenters. The number of hydrogen-bond donors (Lipinski definition) is 1. The fraction of sp³-hybridized carbons (Fsp3) is 0.150. The van der Waals surface area contributed by atoms with Crippen LogP contribution in [0, 0.1) is 10.1 Å². The van der Waals surface area contributed by atoms with Crippen molar-refractivity contribution in [2.24, 2.45) is 0 Å². The summed E-state index contributed by atoms with van der Waals surface area (Å²) in [5.41, 5.74) is 0.271. The van der Waals surface area contributed by atoms with Crippen molar-refractivity contribution in [1.82, 2.24) is 19.5 Å². The van der Waals surface area contributed by atoms with Crippen molar-refractivity contribution >= 4 is 36.6 Å². The summed E-state index contributed by atoms with van der Waals surface area (Å²) in [4.78, 5) is 34.1. The maximum absolute atomic E-state index is 12.7. The van der Waals surface area contributed by atoms with Gasteiger partial charge in [0.15, 0.2) is 11.2 Å². The molecule has 0 unspecified atom stereocenters. The minimum atomic E-state index is -4.05. The first-order valence-corrected chi connectivity index (χ1v) is 11.9. The maximum atomic E-state index is 12.7. The predicted molar refractivity (Wildman–Crippen MR) is 120 cm³/mol. The van der Waals surface area contributed by atoms with Gasteiger partial charge in [0, 0.05) is 28.5 Å². The third kappa shape index (κ3) is 4.43. The topological polar surface area (TPSA) is 150 Å². The number of nitro benzene ring substituents is 1. The molecule has 0 aliphatic rings. The monoisotopic (exact) mass is 489 g/mol. The van der Waals surface area contributed by atoms with E-state index in [1.807, 2.05) is 6.92 Å². The van der Waals surface area contributed by atoms with Crippen LogP contribution in [0.1, 0.15) is 13.3 Å². The second-order valence-corrected chi connectivity index (χ2v) is 9.49. The first kappa shape index (κ1) is 22.4. The van der Waals surface area contributed by atoms with Crippen molar-refractivity contribution in [1.29, 1.82) is 0 Å². The van der Waals surface area contributed by atoms with Gasteiger partial charge in [0.05, 0.1) is 22.0 Å². The maximum Gasteiger partial charge on any atom is 0.279 e. The molecule has 0 spiro atoms. The van der Waals surface area contributed by atoms with Gasteiger partial charge in [-0.2, -0.15) is 0 Å². The average Bonchev–Trinajstić information content (AvgIpc) is 3.21. The number of rotatable bonds is 7. The number of nitrogens with zero attached hydrogens (tertiary/aromatic N) is 4. The lowest BCUT2D eigenvalue weighted by Gasteiger charge is -2.12. The predicted octanol–water partition coefficient (Wildman–Crippen LogP) is 3.40. The van der Waals surface area contributed by atoms with Gasteiger partial charge in [-0.1, -0.05) is 6.92 Å². The highest BCUT2D eigenvalue weighted by molar-refractivity contribution is 8.13. The molecule has 0 saturated carbocycles. The molecule has 0 radical (unpaired) electrons. The molecule has 0 bridgehead atoms. The number of aromatic amines is 1. The normalized spacial score (nSPS) is 11.6. The molecule has 0 saturated heterocycles. The van der Waals surface area contributed by atoms with Crippen LogP contribution in [0.3, 0.4) is 0 Å². The summed E-state index contributed by atoms with van der Waals surface area (Å²) in [6.45, 7) is 2.26. The fourth-order valence-electron chi connectivity index (χ4n) is 3.14. The molecule has 2 aromatic heterocycles. The van der Waals surface area contributed by atoms with Crippen LogP contribution in [0.15, 0.2) is 58.5 Å². The molecule has 0 amide bonds. The Morgan fingerprint density at radius 2 is 1.94 bits per heavy atom. The number of halogens is 1. The Bertz CT molecular complexity index is 1530. The van der Waals surface area contributed by atoms with E-state index in [0.717, 1.165) is 0 Å². The van der Waals surface area contributed by atoms with Crippen LogP contribution in [0.25, 0.3) is 28.2 Å². The van der Waals surface area contributed by atoms with Crippen LogP contribution in [0.4, 0.5) is 5.69 Å². The number of hydrogen-bond acceptors (Lipinski definition) is 8. The van der Waals surface area contributed by atoms with Gasteiger partial charge in [0.2, 0.25) is 0 Å². The summed E-state index contributed by atoms with van der Waals surface area (Å²) in [5, 5.41) is 10.9. The van der Waals surface area contributed by atoms with E-state index < -0.39 is 19.5 Å². The Hall–Kier alpha value is -3.77. The molecule has 33 heavy (non-hydrogen) atoms. The van der Waals surface area contributed by atoms with E-state index in [-0.39, 0.29) is 33.1 Å². The van der Waals surface area contributed by atoms with Crippen LogP contribution in [-0.4, -0.2) is 39.5 Å². The Labute approximate surface area is 191 Å². The highest BCUT2D eigenvalue weighted by Gasteiger charge is 2.19. The van der Waals surface area contributed by atoms with Crippen LogP contribution >= 0.6 is 10.7 Å². The molecule has 0 aliphatic heterocycles. The van der Waals surface area contributed by atoms with Gasteiger partial charge < -0.3 is 9.72 Å². The first-order chi connectivity index (χ1) is 15.7. The van der Waals surface area contributed by atoms with Gasteiger partial charge in [-0.25, -0.2) is 18.4 Å². The van der Waals surface area contributed by atoms with Crippen LogP contribution < -0.4 is 10.3 Å². The van der Waals surface area contributed by atoms with E-state index in [0.29, 0.717) is 24.5 Å². The van der Waals surface area contributed by atoms with E-state index in [4.69, 9.17) is 15.4 Å². The van der Waals surface area contributed by atoms with Gasteiger partial charge in [-0.3, -0.25) is 19.5 Å². The smallest absolute Gasteiger partial charge is 0.279 e. The van der Waals surface area contributed by atoms with Crippen molar-refractivity contribution in [2.75, 3.05) is 6.61 Å². The second-order valence-electron chi connectivity index (χ2n) is 6.92. The molecule has 0 fully saturated rings. The third-order valence-corrected chi connectivity index (χ3v) is 6.05. The molecule has 2 heterocycles. The number of fused-ring (bicyclic) bond motifs is 1. The molecule has 170 valence electrons. The number of benzene rings is 2. The standard InChI is InChI=1S/C20H16ClN5O6S/c1-2-9-32-16-8-7-14(33(21,30)31)10-15(16)18-23-19-17(20(27)24-18)22-11-25(19)12-3-5-13(6-4-12)26(28)29/h3-8,10-11H,2,9H2,1H3,(H,23,24,27). The van der Waals surface area contributed by atoms with Gasteiger partial charge in [0.25, 0.3) is 20.3 Å². The highest BCUT2D eigenvalue weighted by Crippen LogP contribution is 2.32. The Morgan fingerprint density at radius 3 is 2.58 bits per heavy atom. The van der Waals surface area contributed by atoms with Crippen LogP contribution in [0.2, 0.25) is 0 Å². The van der Waals surface area contributed by atoms with Crippen LogP contribution in [-0.2, 0) is 9.05 Å². The molecule has 11 nitrogen and oxygen atoms in total. The zero-order chi connectivity index (χ0) is 23.8. The van der Waals surface area contributed by atoms with Crippen molar-refractivity contribution in [3.8, 4) is 22.8 Å². The molecule has 4 rings (SSSR count). The Kier molecular flexibility index (Phi) is 5.87. The third-order valence-electron chi connectivity index (χ3n) is 4.70. The average molecular weight is 490 g/mol. The number of aromatic nitrogens is 4. The van der Waals surface area contributed by atoms with Crippen molar-refractivity contribution in [3.05, 3.63) is 69.3 Å². The lowest BCUT2D eigenvalue weighted by Crippen LogP contribution is -2.11. The van der Waals surface area contributed by atoms with E-state index in [1.165, 1.54) is 53.4 Å². The van der Waals surface area contributed by atoms with E-state index >= 15 is 0 Å². The van der Waals surface area contributed by atoms with Gasteiger partial charge >= 0.3 is 0 Å². The van der Waals surface area contributed by atoms with E-state index in [9.17, 15) is 23.3 Å². The quantitative estimate of drug-likeness (QED) is 0.235. The summed E-state index contributed by atoms with van der Waals surface area (Å²) >= 11 is 0. The Balaban J connectivity index is 1.91. The lowest BCUT2D eigenvalue weighted by molar-refractivity contribution is -0.384. The molecule has 1 N–H and O–H groups in total. The zero-order valence-electron chi connectivity index (χ0n) is 17.1. The molecular formula is C20H16ClN5O6S. The number of ether oxygens (including phenoxy) is 1. The largest absolute Gasteiger partial charge is 0.493 e. The minimum Gasteiger partial charge on any atom is -0.493 e. The van der Waals surface area contributed by atoms with E-state index in [1.54, 1.807) is 0 Å². The van der Waals surface area contributed by atoms with Gasteiger partial charge in [-0.15, -0.1) is 0 Å². The summed E-state index contributed by atoms with van der Waals surface area (Å²) in [7, 11) is 1.45. The van der Waals surface area contributed by atoms with Crippen molar-refractivity contribution < 1.29 is 18.1 Å². The lowest BCUT2D eigenvalue weighted by atomic mass is 10.2. The van der Waals surface area contributed by atoms with Gasteiger partial charge in [-0.05, 0) is 36.8 Å². The number of nitro groups is 1.